The van der Waals surface area contributed by atoms with E-state index in [1.165, 1.54) is 5.56 Å². The van der Waals surface area contributed by atoms with Gasteiger partial charge in [0.05, 0.1) is 0 Å². The Morgan fingerprint density at radius 2 is 1.95 bits per heavy atom. The molecular weight excluding hydrogens is 238 g/mol. The summed E-state index contributed by atoms with van der Waals surface area (Å²) < 4.78 is 5.48. The Morgan fingerprint density at radius 3 is 2.42 bits per heavy atom. The zero-order valence-corrected chi connectivity index (χ0v) is 12.2. The summed E-state index contributed by atoms with van der Waals surface area (Å²) in [4.78, 5) is 14.3. The standard InChI is InChI=1S/C16H23NO2/c1-12(13-8-6-5-7-9-13)17-11-10-14(17)15(18)19-16(2,3)4/h5-9,12,14H,10-11H2,1-4H3/t12-,14-/m0/s1. The maximum atomic E-state index is 12.1. The number of hydrogen-bond donors (Lipinski definition) is 0. The van der Waals surface area contributed by atoms with Gasteiger partial charge in [-0.25, -0.2) is 0 Å². The number of likely N-dealkylation sites (tertiary alicyclic amines) is 1. The lowest BCUT2D eigenvalue weighted by Crippen LogP contribution is -2.54. The van der Waals surface area contributed by atoms with Crippen LogP contribution in [0.1, 0.15) is 45.7 Å². The number of ether oxygens (including phenoxy) is 1. The normalized spacial score (nSPS) is 21.6. The molecule has 3 nitrogen and oxygen atoms in total. The summed E-state index contributed by atoms with van der Waals surface area (Å²) in [5, 5.41) is 0. The Morgan fingerprint density at radius 1 is 1.32 bits per heavy atom. The summed E-state index contributed by atoms with van der Waals surface area (Å²) in [6.45, 7) is 8.84. The maximum Gasteiger partial charge on any atom is 0.323 e. The molecule has 0 saturated carbocycles. The van der Waals surface area contributed by atoms with Gasteiger partial charge in [0.2, 0.25) is 0 Å². The minimum Gasteiger partial charge on any atom is -0.459 e. The zero-order valence-electron chi connectivity index (χ0n) is 12.2. The van der Waals surface area contributed by atoms with Crippen molar-refractivity contribution in [2.75, 3.05) is 6.54 Å². The summed E-state index contributed by atoms with van der Waals surface area (Å²) >= 11 is 0. The molecule has 1 fully saturated rings. The van der Waals surface area contributed by atoms with Gasteiger partial charge < -0.3 is 4.74 Å². The van der Waals surface area contributed by atoms with Crippen molar-refractivity contribution in [2.24, 2.45) is 0 Å². The van der Waals surface area contributed by atoms with Crippen molar-refractivity contribution in [2.45, 2.75) is 51.8 Å². The third kappa shape index (κ3) is 3.35. The number of hydrogen-bond acceptors (Lipinski definition) is 3. The van der Waals surface area contributed by atoms with Crippen LogP contribution in [0, 0.1) is 0 Å². The second-order valence-electron chi connectivity index (χ2n) is 6.16. The average molecular weight is 261 g/mol. The van der Waals surface area contributed by atoms with E-state index in [2.05, 4.69) is 24.0 Å². The van der Waals surface area contributed by atoms with Gasteiger partial charge in [0.15, 0.2) is 0 Å². The predicted octanol–water partition coefficient (Wildman–Crippen LogP) is 3.16. The number of carbonyl (C=O) groups excluding carboxylic acids is 1. The summed E-state index contributed by atoms with van der Waals surface area (Å²) in [6, 6.07) is 10.5. The minimum atomic E-state index is -0.408. The van der Waals surface area contributed by atoms with Crippen LogP contribution in [0.4, 0.5) is 0 Å². The predicted molar refractivity (Wildman–Crippen MR) is 75.8 cm³/mol. The SMILES string of the molecule is C[C@@H](c1ccccc1)N1CC[C@H]1C(=O)OC(C)(C)C. The molecule has 1 aliphatic heterocycles. The van der Waals surface area contributed by atoms with Gasteiger partial charge in [0.1, 0.15) is 11.6 Å². The van der Waals surface area contributed by atoms with Gasteiger partial charge in [-0.15, -0.1) is 0 Å². The molecule has 2 rings (SSSR count). The van der Waals surface area contributed by atoms with E-state index in [-0.39, 0.29) is 18.1 Å². The van der Waals surface area contributed by atoms with Gasteiger partial charge in [0, 0.05) is 12.6 Å². The molecule has 3 heteroatoms. The minimum absolute atomic E-state index is 0.0885. The fourth-order valence-electron chi connectivity index (χ4n) is 2.42. The third-order valence-corrected chi connectivity index (χ3v) is 3.52. The third-order valence-electron chi connectivity index (χ3n) is 3.52. The second-order valence-corrected chi connectivity index (χ2v) is 6.16. The van der Waals surface area contributed by atoms with Crippen molar-refractivity contribution in [3.8, 4) is 0 Å². The van der Waals surface area contributed by atoms with Gasteiger partial charge in [-0.2, -0.15) is 0 Å². The Bertz CT molecular complexity index is 436. The molecule has 1 aromatic carbocycles. The lowest BCUT2D eigenvalue weighted by Gasteiger charge is -2.44. The Balaban J connectivity index is 2.01. The van der Waals surface area contributed by atoms with Gasteiger partial charge in [-0.1, -0.05) is 30.3 Å². The molecule has 1 saturated heterocycles. The summed E-state index contributed by atoms with van der Waals surface area (Å²) in [5.74, 6) is -0.0958. The van der Waals surface area contributed by atoms with Crippen LogP contribution in [0.15, 0.2) is 30.3 Å². The monoisotopic (exact) mass is 261 g/mol. The highest BCUT2D eigenvalue weighted by molar-refractivity contribution is 5.77. The van der Waals surface area contributed by atoms with Crippen LogP contribution in [0.25, 0.3) is 0 Å². The first-order valence-corrected chi connectivity index (χ1v) is 6.92. The zero-order chi connectivity index (χ0) is 14.0. The highest BCUT2D eigenvalue weighted by Gasteiger charge is 2.39. The molecule has 2 atom stereocenters. The van der Waals surface area contributed by atoms with Crippen molar-refractivity contribution in [1.29, 1.82) is 0 Å². The first kappa shape index (κ1) is 14.1. The number of rotatable bonds is 3. The van der Waals surface area contributed by atoms with Crippen LogP contribution in [-0.4, -0.2) is 29.1 Å². The molecule has 0 aromatic heterocycles. The molecule has 1 heterocycles. The van der Waals surface area contributed by atoms with Crippen molar-refractivity contribution in [1.82, 2.24) is 4.90 Å². The smallest absolute Gasteiger partial charge is 0.323 e. The molecule has 0 amide bonds. The van der Waals surface area contributed by atoms with Crippen molar-refractivity contribution in [3.05, 3.63) is 35.9 Å². The van der Waals surface area contributed by atoms with Gasteiger partial charge in [0.25, 0.3) is 0 Å². The van der Waals surface area contributed by atoms with Crippen molar-refractivity contribution in [3.63, 3.8) is 0 Å². The molecule has 1 aromatic rings. The van der Waals surface area contributed by atoms with Crippen LogP contribution < -0.4 is 0 Å². The number of carbonyl (C=O) groups is 1. The molecule has 0 N–H and O–H groups in total. The van der Waals surface area contributed by atoms with Crippen LogP contribution in [0.2, 0.25) is 0 Å². The summed E-state index contributed by atoms with van der Waals surface area (Å²) in [6.07, 6.45) is 0.895. The highest BCUT2D eigenvalue weighted by atomic mass is 16.6. The first-order chi connectivity index (χ1) is 8.88. The number of benzene rings is 1. The van der Waals surface area contributed by atoms with Crippen LogP contribution in [0.5, 0.6) is 0 Å². The number of nitrogens with zero attached hydrogens (tertiary/aromatic N) is 1. The lowest BCUT2D eigenvalue weighted by molar-refractivity contribution is -0.168. The van der Waals surface area contributed by atoms with E-state index in [0.717, 1.165) is 13.0 Å². The van der Waals surface area contributed by atoms with Crippen LogP contribution >= 0.6 is 0 Å². The van der Waals surface area contributed by atoms with E-state index in [1.807, 2.05) is 39.0 Å². The van der Waals surface area contributed by atoms with E-state index in [1.54, 1.807) is 0 Å². The van der Waals surface area contributed by atoms with Crippen LogP contribution in [0.3, 0.4) is 0 Å². The maximum absolute atomic E-state index is 12.1. The second kappa shape index (κ2) is 5.33. The largest absolute Gasteiger partial charge is 0.459 e. The summed E-state index contributed by atoms with van der Waals surface area (Å²) in [5.41, 5.74) is 0.838. The Kier molecular flexibility index (Phi) is 3.95. The molecule has 0 spiro atoms. The Hall–Kier alpha value is -1.35. The van der Waals surface area contributed by atoms with E-state index < -0.39 is 5.60 Å². The average Bonchev–Trinajstić information content (AvgIpc) is 2.26. The molecule has 104 valence electrons. The number of esters is 1. The molecule has 19 heavy (non-hydrogen) atoms. The van der Waals surface area contributed by atoms with E-state index >= 15 is 0 Å². The quantitative estimate of drug-likeness (QED) is 0.783. The fraction of sp³-hybridized carbons (Fsp3) is 0.562. The van der Waals surface area contributed by atoms with Gasteiger partial charge in [-0.05, 0) is 39.7 Å². The first-order valence-electron chi connectivity index (χ1n) is 6.92. The topological polar surface area (TPSA) is 29.5 Å². The molecular formula is C16H23NO2. The van der Waals surface area contributed by atoms with E-state index in [0.29, 0.717) is 0 Å². The molecule has 1 aliphatic rings. The Labute approximate surface area is 115 Å². The van der Waals surface area contributed by atoms with Crippen LogP contribution in [-0.2, 0) is 9.53 Å². The van der Waals surface area contributed by atoms with E-state index in [4.69, 9.17) is 4.74 Å². The summed E-state index contributed by atoms with van der Waals surface area (Å²) in [7, 11) is 0. The lowest BCUT2D eigenvalue weighted by atomic mass is 9.96. The molecule has 0 unspecified atom stereocenters. The molecule has 0 bridgehead atoms. The van der Waals surface area contributed by atoms with Gasteiger partial charge in [-0.3, -0.25) is 9.69 Å². The molecule has 0 radical (unpaired) electrons. The highest BCUT2D eigenvalue weighted by Crippen LogP contribution is 2.31. The van der Waals surface area contributed by atoms with Crippen molar-refractivity contribution >= 4 is 5.97 Å². The fourth-order valence-corrected chi connectivity index (χ4v) is 2.42. The van der Waals surface area contributed by atoms with Crippen molar-refractivity contribution < 1.29 is 9.53 Å². The van der Waals surface area contributed by atoms with E-state index in [9.17, 15) is 4.79 Å². The molecule has 0 aliphatic carbocycles. The van der Waals surface area contributed by atoms with Gasteiger partial charge >= 0.3 is 5.97 Å².